The van der Waals surface area contributed by atoms with Gasteiger partial charge in [0.25, 0.3) is 5.91 Å². The molecule has 2 aromatic rings. The second-order valence-corrected chi connectivity index (χ2v) is 5.64. The van der Waals surface area contributed by atoms with Crippen LogP contribution in [0.3, 0.4) is 0 Å². The van der Waals surface area contributed by atoms with Crippen molar-refractivity contribution in [3.63, 3.8) is 0 Å². The molecule has 1 atom stereocenters. The van der Waals surface area contributed by atoms with Gasteiger partial charge in [0.15, 0.2) is 11.5 Å². The summed E-state index contributed by atoms with van der Waals surface area (Å²) in [5.74, 6) is 1.17. The van der Waals surface area contributed by atoms with Gasteiger partial charge in [-0.2, -0.15) is 0 Å². The number of ether oxygens (including phenoxy) is 2. The van der Waals surface area contributed by atoms with Crippen LogP contribution in [0.4, 0.5) is 0 Å². The number of carbonyl (C=O) groups is 1. The summed E-state index contributed by atoms with van der Waals surface area (Å²) in [6.45, 7) is 1.93. The Labute approximate surface area is 138 Å². The van der Waals surface area contributed by atoms with Crippen molar-refractivity contribution in [2.24, 2.45) is 0 Å². The summed E-state index contributed by atoms with van der Waals surface area (Å²) in [7, 11) is 3.18. The SMILES string of the molecule is COc1ccc([C@@H](C)NC(=O)c2ccccc2Br)cc1OC. The molecule has 0 saturated heterocycles. The van der Waals surface area contributed by atoms with Crippen LogP contribution < -0.4 is 14.8 Å². The lowest BCUT2D eigenvalue weighted by atomic mass is 10.1. The zero-order valence-corrected chi connectivity index (χ0v) is 14.3. The predicted molar refractivity (Wildman–Crippen MR) is 89.6 cm³/mol. The molecule has 0 aliphatic heterocycles. The second-order valence-electron chi connectivity index (χ2n) is 4.79. The number of methoxy groups -OCH3 is 2. The van der Waals surface area contributed by atoms with Crippen LogP contribution >= 0.6 is 15.9 Å². The monoisotopic (exact) mass is 363 g/mol. The van der Waals surface area contributed by atoms with E-state index >= 15 is 0 Å². The van der Waals surface area contributed by atoms with Crippen molar-refractivity contribution in [1.82, 2.24) is 5.32 Å². The first kappa shape index (κ1) is 16.4. The third-order valence-electron chi connectivity index (χ3n) is 3.37. The van der Waals surface area contributed by atoms with Crippen molar-refractivity contribution in [3.05, 3.63) is 58.1 Å². The van der Waals surface area contributed by atoms with Crippen molar-refractivity contribution >= 4 is 21.8 Å². The molecule has 2 aromatic carbocycles. The van der Waals surface area contributed by atoms with Crippen LogP contribution in [0.5, 0.6) is 11.5 Å². The number of hydrogen-bond donors (Lipinski definition) is 1. The van der Waals surface area contributed by atoms with Crippen LogP contribution in [0.1, 0.15) is 28.9 Å². The summed E-state index contributed by atoms with van der Waals surface area (Å²) >= 11 is 3.39. The lowest BCUT2D eigenvalue weighted by Crippen LogP contribution is -2.26. The van der Waals surface area contributed by atoms with E-state index < -0.39 is 0 Å². The topological polar surface area (TPSA) is 47.6 Å². The van der Waals surface area contributed by atoms with E-state index in [1.165, 1.54) is 0 Å². The number of hydrogen-bond acceptors (Lipinski definition) is 3. The minimum Gasteiger partial charge on any atom is -0.493 e. The standard InChI is InChI=1S/C17H18BrNO3/c1-11(12-8-9-15(21-2)16(10-12)22-3)19-17(20)13-6-4-5-7-14(13)18/h4-11H,1-3H3,(H,19,20)/t11-/m1/s1. The van der Waals surface area contributed by atoms with E-state index in [4.69, 9.17) is 9.47 Å². The molecular weight excluding hydrogens is 346 g/mol. The Hall–Kier alpha value is -2.01. The summed E-state index contributed by atoms with van der Waals surface area (Å²) in [5.41, 5.74) is 1.55. The van der Waals surface area contributed by atoms with E-state index in [0.29, 0.717) is 17.1 Å². The van der Waals surface area contributed by atoms with Crippen molar-refractivity contribution in [3.8, 4) is 11.5 Å². The Kier molecular flexibility index (Phi) is 5.44. The Morgan fingerprint density at radius 1 is 1.09 bits per heavy atom. The first-order valence-electron chi connectivity index (χ1n) is 6.84. The molecule has 0 heterocycles. The maximum Gasteiger partial charge on any atom is 0.252 e. The third kappa shape index (κ3) is 3.60. The number of rotatable bonds is 5. The molecule has 2 rings (SSSR count). The molecule has 0 spiro atoms. The lowest BCUT2D eigenvalue weighted by molar-refractivity contribution is 0.0939. The van der Waals surface area contributed by atoms with Crippen molar-refractivity contribution in [2.45, 2.75) is 13.0 Å². The number of carbonyl (C=O) groups excluding carboxylic acids is 1. The zero-order chi connectivity index (χ0) is 16.1. The summed E-state index contributed by atoms with van der Waals surface area (Å²) in [6.07, 6.45) is 0. The highest BCUT2D eigenvalue weighted by Gasteiger charge is 2.15. The average molecular weight is 364 g/mol. The summed E-state index contributed by atoms with van der Waals surface area (Å²) in [5, 5.41) is 2.98. The fourth-order valence-corrected chi connectivity index (χ4v) is 2.59. The molecule has 0 radical (unpaired) electrons. The van der Waals surface area contributed by atoms with Crippen LogP contribution in [0.25, 0.3) is 0 Å². The summed E-state index contributed by atoms with van der Waals surface area (Å²) in [6, 6.07) is 12.8. The molecule has 0 aliphatic carbocycles. The second kappa shape index (κ2) is 7.31. The van der Waals surface area contributed by atoms with Gasteiger partial charge < -0.3 is 14.8 Å². The predicted octanol–water partition coefficient (Wildman–Crippen LogP) is 3.96. The molecule has 116 valence electrons. The molecule has 0 saturated carbocycles. The molecular formula is C17H18BrNO3. The van der Waals surface area contributed by atoms with Crippen molar-refractivity contribution in [2.75, 3.05) is 14.2 Å². The molecule has 5 heteroatoms. The van der Waals surface area contributed by atoms with Crippen molar-refractivity contribution in [1.29, 1.82) is 0 Å². The average Bonchev–Trinajstić information content (AvgIpc) is 2.54. The first-order valence-corrected chi connectivity index (χ1v) is 7.63. The third-order valence-corrected chi connectivity index (χ3v) is 4.07. The maximum atomic E-state index is 12.3. The number of nitrogens with one attached hydrogen (secondary N) is 1. The Morgan fingerprint density at radius 3 is 2.41 bits per heavy atom. The molecule has 0 aromatic heterocycles. The Balaban J connectivity index is 2.17. The summed E-state index contributed by atoms with van der Waals surface area (Å²) in [4.78, 5) is 12.3. The lowest BCUT2D eigenvalue weighted by Gasteiger charge is -2.17. The van der Waals surface area contributed by atoms with E-state index in [1.54, 1.807) is 20.3 Å². The van der Waals surface area contributed by atoms with Gasteiger partial charge in [0.2, 0.25) is 0 Å². The highest BCUT2D eigenvalue weighted by atomic mass is 79.9. The van der Waals surface area contributed by atoms with Gasteiger partial charge in [0.1, 0.15) is 0 Å². The van der Waals surface area contributed by atoms with Gasteiger partial charge >= 0.3 is 0 Å². The molecule has 22 heavy (non-hydrogen) atoms. The highest BCUT2D eigenvalue weighted by molar-refractivity contribution is 9.10. The van der Waals surface area contributed by atoms with E-state index in [-0.39, 0.29) is 11.9 Å². The maximum absolute atomic E-state index is 12.3. The Bertz CT molecular complexity index is 673. The van der Waals surface area contributed by atoms with Crippen LogP contribution in [-0.2, 0) is 0 Å². The number of benzene rings is 2. The van der Waals surface area contributed by atoms with Gasteiger partial charge in [-0.25, -0.2) is 0 Å². The van der Waals surface area contributed by atoms with Crippen molar-refractivity contribution < 1.29 is 14.3 Å². The quantitative estimate of drug-likeness (QED) is 0.874. The smallest absolute Gasteiger partial charge is 0.252 e. The van der Waals surface area contributed by atoms with Crippen LogP contribution in [0, 0.1) is 0 Å². The number of amides is 1. The summed E-state index contributed by atoms with van der Waals surface area (Å²) < 4.78 is 11.3. The van der Waals surface area contributed by atoms with Gasteiger partial charge in [0.05, 0.1) is 25.8 Å². The zero-order valence-electron chi connectivity index (χ0n) is 12.7. The van der Waals surface area contributed by atoms with Gasteiger partial charge in [-0.05, 0) is 52.7 Å². The van der Waals surface area contributed by atoms with Gasteiger partial charge in [-0.15, -0.1) is 0 Å². The van der Waals surface area contributed by atoms with E-state index in [0.717, 1.165) is 10.0 Å². The fourth-order valence-electron chi connectivity index (χ4n) is 2.13. The highest BCUT2D eigenvalue weighted by Crippen LogP contribution is 2.30. The fraction of sp³-hybridized carbons (Fsp3) is 0.235. The molecule has 4 nitrogen and oxygen atoms in total. The minimum absolute atomic E-state index is 0.130. The normalized spacial score (nSPS) is 11.6. The molecule has 0 bridgehead atoms. The van der Waals surface area contributed by atoms with E-state index in [1.807, 2.05) is 43.3 Å². The minimum atomic E-state index is -0.153. The first-order chi connectivity index (χ1) is 10.6. The molecule has 1 N–H and O–H groups in total. The van der Waals surface area contributed by atoms with Crippen LogP contribution in [0.15, 0.2) is 46.9 Å². The molecule has 0 unspecified atom stereocenters. The molecule has 0 aliphatic rings. The molecule has 1 amide bonds. The van der Waals surface area contributed by atoms with Crippen LogP contribution in [-0.4, -0.2) is 20.1 Å². The number of halogens is 1. The van der Waals surface area contributed by atoms with E-state index in [2.05, 4.69) is 21.2 Å². The Morgan fingerprint density at radius 2 is 1.77 bits per heavy atom. The van der Waals surface area contributed by atoms with Gasteiger partial charge in [-0.1, -0.05) is 18.2 Å². The van der Waals surface area contributed by atoms with Gasteiger partial charge in [0, 0.05) is 4.47 Å². The van der Waals surface area contributed by atoms with E-state index in [9.17, 15) is 4.79 Å². The largest absolute Gasteiger partial charge is 0.493 e. The molecule has 0 fully saturated rings. The van der Waals surface area contributed by atoms with Crippen LogP contribution in [0.2, 0.25) is 0 Å². The van der Waals surface area contributed by atoms with Gasteiger partial charge in [-0.3, -0.25) is 4.79 Å².